The lowest BCUT2D eigenvalue weighted by atomic mass is 9.65. The summed E-state index contributed by atoms with van der Waals surface area (Å²) in [5.41, 5.74) is 1.37. The van der Waals surface area contributed by atoms with Crippen molar-refractivity contribution in [1.82, 2.24) is 0 Å². The Labute approximate surface area is 79.3 Å². The van der Waals surface area contributed by atoms with Crippen LogP contribution in [0.15, 0.2) is 11.6 Å². The van der Waals surface area contributed by atoms with E-state index in [1.807, 2.05) is 6.08 Å². The molecule has 0 aromatic heterocycles. The molecule has 2 rings (SSSR count). The van der Waals surface area contributed by atoms with Gasteiger partial charge in [-0.15, -0.1) is 0 Å². The van der Waals surface area contributed by atoms with Crippen molar-refractivity contribution in [2.24, 2.45) is 5.41 Å². The highest BCUT2D eigenvalue weighted by atomic mass is 16.3. The molecule has 0 bridgehead atoms. The number of hydrogen-bond donors (Lipinski definition) is 2. The van der Waals surface area contributed by atoms with Crippen LogP contribution in [0.3, 0.4) is 0 Å². The molecule has 0 aromatic carbocycles. The van der Waals surface area contributed by atoms with Gasteiger partial charge >= 0.3 is 0 Å². The minimum atomic E-state index is -0.257. The lowest BCUT2D eigenvalue weighted by Crippen LogP contribution is -2.35. The van der Waals surface area contributed by atoms with E-state index < -0.39 is 0 Å². The molecule has 0 radical (unpaired) electrons. The van der Waals surface area contributed by atoms with Gasteiger partial charge in [0.2, 0.25) is 0 Å². The van der Waals surface area contributed by atoms with E-state index in [-0.39, 0.29) is 18.1 Å². The van der Waals surface area contributed by atoms with Gasteiger partial charge in [0.15, 0.2) is 0 Å². The molecule has 0 spiro atoms. The summed E-state index contributed by atoms with van der Waals surface area (Å²) in [7, 11) is 0. The van der Waals surface area contributed by atoms with Gasteiger partial charge in [0.25, 0.3) is 0 Å². The molecular weight excluding hydrogens is 164 g/mol. The van der Waals surface area contributed by atoms with E-state index >= 15 is 0 Å². The average molecular weight is 182 g/mol. The van der Waals surface area contributed by atoms with Crippen molar-refractivity contribution in [3.05, 3.63) is 11.6 Å². The minimum Gasteiger partial charge on any atom is -0.395 e. The van der Waals surface area contributed by atoms with Gasteiger partial charge < -0.3 is 10.2 Å². The van der Waals surface area contributed by atoms with Gasteiger partial charge in [-0.05, 0) is 32.1 Å². The number of rotatable bonds is 1. The fraction of sp³-hybridized carbons (Fsp3) is 0.818. The van der Waals surface area contributed by atoms with E-state index in [1.54, 1.807) is 0 Å². The van der Waals surface area contributed by atoms with Crippen LogP contribution >= 0.6 is 0 Å². The minimum absolute atomic E-state index is 0.0531. The van der Waals surface area contributed by atoms with E-state index in [4.69, 9.17) is 0 Å². The Morgan fingerprint density at radius 2 is 2.23 bits per heavy atom. The summed E-state index contributed by atoms with van der Waals surface area (Å²) in [5.74, 6) is 0. The van der Waals surface area contributed by atoms with Crippen molar-refractivity contribution in [2.45, 2.75) is 44.6 Å². The Morgan fingerprint density at radius 3 is 3.00 bits per heavy atom. The van der Waals surface area contributed by atoms with Crippen molar-refractivity contribution in [1.29, 1.82) is 0 Å². The first-order valence-corrected chi connectivity index (χ1v) is 5.27. The summed E-state index contributed by atoms with van der Waals surface area (Å²) in [6.07, 6.45) is 8.17. The maximum atomic E-state index is 9.50. The molecule has 0 aliphatic heterocycles. The second-order valence-electron chi connectivity index (χ2n) is 4.44. The van der Waals surface area contributed by atoms with Gasteiger partial charge in [0, 0.05) is 5.41 Å². The van der Waals surface area contributed by atoms with Crippen molar-refractivity contribution in [2.75, 3.05) is 6.61 Å². The average Bonchev–Trinajstić information content (AvgIpc) is 2.18. The monoisotopic (exact) mass is 182 g/mol. The molecule has 1 saturated carbocycles. The first kappa shape index (κ1) is 9.22. The fourth-order valence-corrected chi connectivity index (χ4v) is 2.75. The van der Waals surface area contributed by atoms with Crippen LogP contribution in [0.1, 0.15) is 38.5 Å². The molecule has 0 saturated heterocycles. The predicted molar refractivity (Wildman–Crippen MR) is 51.3 cm³/mol. The van der Waals surface area contributed by atoms with Crippen LogP contribution in [-0.4, -0.2) is 22.9 Å². The molecule has 2 aliphatic rings. The van der Waals surface area contributed by atoms with Crippen LogP contribution in [0, 0.1) is 5.41 Å². The van der Waals surface area contributed by atoms with E-state index in [1.165, 1.54) is 18.4 Å². The third-order valence-electron chi connectivity index (χ3n) is 3.65. The van der Waals surface area contributed by atoms with Crippen molar-refractivity contribution < 1.29 is 10.2 Å². The summed E-state index contributed by atoms with van der Waals surface area (Å²) >= 11 is 0. The zero-order valence-electron chi connectivity index (χ0n) is 8.00. The summed E-state index contributed by atoms with van der Waals surface area (Å²) in [5, 5.41) is 18.9. The van der Waals surface area contributed by atoms with Crippen molar-refractivity contribution in [3.8, 4) is 0 Å². The highest BCUT2D eigenvalue weighted by Gasteiger charge is 2.38. The number of fused-ring (bicyclic) bond motifs is 1. The number of aliphatic hydroxyl groups excluding tert-OH is 2. The molecule has 0 amide bonds. The zero-order valence-corrected chi connectivity index (χ0v) is 8.00. The summed E-state index contributed by atoms with van der Waals surface area (Å²) in [6, 6.07) is 0. The van der Waals surface area contributed by atoms with Crippen molar-refractivity contribution >= 4 is 0 Å². The largest absolute Gasteiger partial charge is 0.395 e. The lowest BCUT2D eigenvalue weighted by molar-refractivity contribution is 0.0838. The number of hydrogen-bond acceptors (Lipinski definition) is 2. The van der Waals surface area contributed by atoms with E-state index in [0.717, 1.165) is 25.7 Å². The van der Waals surface area contributed by atoms with Gasteiger partial charge in [-0.2, -0.15) is 0 Å². The third kappa shape index (κ3) is 1.53. The topological polar surface area (TPSA) is 40.5 Å². The normalized spacial score (nSPS) is 39.5. The van der Waals surface area contributed by atoms with Crippen molar-refractivity contribution in [3.63, 3.8) is 0 Å². The summed E-state index contributed by atoms with van der Waals surface area (Å²) in [6.45, 7) is 0.269. The molecule has 0 aromatic rings. The van der Waals surface area contributed by atoms with Crippen LogP contribution in [0.25, 0.3) is 0 Å². The number of aliphatic hydroxyl groups is 2. The lowest BCUT2D eigenvalue weighted by Gasteiger charge is -2.42. The van der Waals surface area contributed by atoms with Gasteiger partial charge in [-0.25, -0.2) is 0 Å². The Kier molecular flexibility index (Phi) is 2.43. The predicted octanol–water partition coefficient (Wildman–Crippen LogP) is 1.62. The standard InChI is InChI=1S/C11H18O2/c12-8-11-5-2-1-3-9(11)7-10(13)4-6-11/h7,10,12-13H,1-6,8H2/t10?,11-/m0/s1. The SMILES string of the molecule is OC[C@@]12CCCCC1=CC(O)CC2. The summed E-state index contributed by atoms with van der Waals surface area (Å²) in [4.78, 5) is 0. The molecule has 2 heteroatoms. The van der Waals surface area contributed by atoms with Crippen LogP contribution in [-0.2, 0) is 0 Å². The quantitative estimate of drug-likeness (QED) is 0.605. The maximum absolute atomic E-state index is 9.50. The second kappa shape index (κ2) is 3.43. The highest BCUT2D eigenvalue weighted by Crippen LogP contribution is 2.46. The highest BCUT2D eigenvalue weighted by molar-refractivity contribution is 5.21. The smallest absolute Gasteiger partial charge is 0.0724 e. The molecule has 2 aliphatic carbocycles. The maximum Gasteiger partial charge on any atom is 0.0724 e. The van der Waals surface area contributed by atoms with Gasteiger partial charge in [-0.3, -0.25) is 0 Å². The molecule has 2 nitrogen and oxygen atoms in total. The van der Waals surface area contributed by atoms with Gasteiger partial charge in [0.05, 0.1) is 12.7 Å². The first-order valence-electron chi connectivity index (χ1n) is 5.27. The van der Waals surface area contributed by atoms with E-state index in [0.29, 0.717) is 0 Å². The molecule has 1 unspecified atom stereocenters. The Hall–Kier alpha value is -0.340. The van der Waals surface area contributed by atoms with Gasteiger partial charge in [-0.1, -0.05) is 18.1 Å². The molecule has 0 heterocycles. The molecule has 74 valence electrons. The van der Waals surface area contributed by atoms with Crippen LogP contribution < -0.4 is 0 Å². The second-order valence-corrected chi connectivity index (χ2v) is 4.44. The Balaban J connectivity index is 2.25. The molecule has 2 atom stereocenters. The third-order valence-corrected chi connectivity index (χ3v) is 3.65. The van der Waals surface area contributed by atoms with Crippen LogP contribution in [0.4, 0.5) is 0 Å². The summed E-state index contributed by atoms with van der Waals surface area (Å²) < 4.78 is 0. The van der Waals surface area contributed by atoms with Crippen LogP contribution in [0.5, 0.6) is 0 Å². The molecule has 2 N–H and O–H groups in total. The fourth-order valence-electron chi connectivity index (χ4n) is 2.75. The van der Waals surface area contributed by atoms with E-state index in [9.17, 15) is 10.2 Å². The van der Waals surface area contributed by atoms with E-state index in [2.05, 4.69) is 0 Å². The Morgan fingerprint density at radius 1 is 1.38 bits per heavy atom. The molecular formula is C11H18O2. The zero-order chi connectivity index (χ0) is 9.31. The van der Waals surface area contributed by atoms with Gasteiger partial charge in [0.1, 0.15) is 0 Å². The Bertz CT molecular complexity index is 222. The molecule has 13 heavy (non-hydrogen) atoms. The van der Waals surface area contributed by atoms with Crippen LogP contribution in [0.2, 0.25) is 0 Å². The molecule has 1 fully saturated rings. The first-order chi connectivity index (χ1) is 6.27.